The minimum absolute atomic E-state index is 0.0312. The fourth-order valence-corrected chi connectivity index (χ4v) is 9.21. The van der Waals surface area contributed by atoms with Gasteiger partial charge in [-0.3, -0.25) is 0 Å². The highest BCUT2D eigenvalue weighted by Crippen LogP contribution is 2.58. The summed E-state index contributed by atoms with van der Waals surface area (Å²) in [6.45, 7) is 9.28. The number of allylic oxidation sites excluding steroid dienone is 2. The first-order valence-corrected chi connectivity index (χ1v) is 15.6. The summed E-state index contributed by atoms with van der Waals surface area (Å²) in [6, 6.07) is 0. The van der Waals surface area contributed by atoms with Gasteiger partial charge >= 0.3 is 6.16 Å². The first-order chi connectivity index (χ1) is 17.4. The number of nitrogens with zero attached hydrogens (tertiary/aromatic N) is 1. The van der Waals surface area contributed by atoms with Gasteiger partial charge in [0.05, 0.1) is 0 Å². The van der Waals surface area contributed by atoms with E-state index in [4.69, 9.17) is 9.47 Å². The lowest BCUT2D eigenvalue weighted by atomic mass is 9.55. The zero-order valence-electron chi connectivity index (χ0n) is 23.6. The van der Waals surface area contributed by atoms with E-state index in [0.717, 1.165) is 86.1 Å². The van der Waals surface area contributed by atoms with Crippen molar-refractivity contribution in [3.8, 4) is 0 Å². The van der Waals surface area contributed by atoms with Gasteiger partial charge in [-0.1, -0.05) is 52.2 Å². The van der Waals surface area contributed by atoms with Crippen LogP contribution in [0, 0.1) is 53.3 Å². The van der Waals surface area contributed by atoms with Crippen molar-refractivity contribution >= 4 is 6.16 Å². The highest BCUT2D eigenvalue weighted by atomic mass is 16.7. The molecule has 0 aromatic heterocycles. The smallest absolute Gasteiger partial charge is 0.431 e. The number of ether oxygens (including phenoxy) is 2. The zero-order chi connectivity index (χ0) is 25.2. The van der Waals surface area contributed by atoms with Crippen molar-refractivity contribution in [2.75, 3.05) is 20.1 Å². The monoisotopic (exact) mass is 499 g/mol. The lowest BCUT2D eigenvalue weighted by Gasteiger charge is -2.50. The Morgan fingerprint density at radius 3 is 2.25 bits per heavy atom. The minimum atomic E-state index is -0.425. The van der Waals surface area contributed by atoms with Gasteiger partial charge in [0.1, 0.15) is 12.2 Å². The summed E-state index contributed by atoms with van der Waals surface area (Å²) in [4.78, 5) is 14.8. The van der Waals surface area contributed by atoms with Crippen LogP contribution in [0.25, 0.3) is 0 Å². The molecule has 5 rings (SSSR count). The van der Waals surface area contributed by atoms with Gasteiger partial charge < -0.3 is 14.4 Å². The molecule has 1 heterocycles. The summed E-state index contributed by atoms with van der Waals surface area (Å²) < 4.78 is 11.5. The third-order valence-corrected chi connectivity index (χ3v) is 11.2. The number of rotatable bonds is 7. The maximum Gasteiger partial charge on any atom is 0.508 e. The van der Waals surface area contributed by atoms with E-state index < -0.39 is 6.16 Å². The van der Waals surface area contributed by atoms with Crippen molar-refractivity contribution in [3.63, 3.8) is 0 Å². The molecule has 36 heavy (non-hydrogen) atoms. The van der Waals surface area contributed by atoms with Crippen LogP contribution >= 0.6 is 0 Å². The molecule has 4 aliphatic carbocycles. The van der Waals surface area contributed by atoms with Gasteiger partial charge in [0.15, 0.2) is 0 Å². The van der Waals surface area contributed by atoms with Gasteiger partial charge in [0, 0.05) is 13.1 Å². The number of carbonyl (C=O) groups is 1. The number of hydrogen-bond donors (Lipinski definition) is 0. The van der Waals surface area contributed by atoms with E-state index in [1.807, 2.05) is 0 Å². The van der Waals surface area contributed by atoms with Crippen LogP contribution in [-0.4, -0.2) is 43.4 Å². The molecule has 5 aliphatic rings. The number of carbonyl (C=O) groups excluding carboxylic acids is 1. The Bertz CT molecular complexity index is 756. The molecular formula is C32H53NO3. The van der Waals surface area contributed by atoms with Gasteiger partial charge in [0.25, 0.3) is 0 Å². The molecule has 0 N–H and O–H groups in total. The van der Waals surface area contributed by atoms with Crippen LogP contribution in [0.2, 0.25) is 0 Å². The molecule has 4 heteroatoms. The summed E-state index contributed by atoms with van der Waals surface area (Å²) >= 11 is 0. The predicted molar refractivity (Wildman–Crippen MR) is 146 cm³/mol. The van der Waals surface area contributed by atoms with E-state index >= 15 is 0 Å². The lowest BCUT2D eigenvalue weighted by molar-refractivity contribution is -0.0444. The molecule has 0 bridgehead atoms. The molecule has 3 saturated carbocycles. The second kappa shape index (κ2) is 11.8. The second-order valence-corrected chi connectivity index (χ2v) is 13.8. The van der Waals surface area contributed by atoms with Gasteiger partial charge in [-0.25, -0.2) is 4.79 Å². The van der Waals surface area contributed by atoms with Crippen molar-refractivity contribution in [2.45, 2.75) is 110 Å². The fourth-order valence-electron chi connectivity index (χ4n) is 9.21. The third-order valence-electron chi connectivity index (χ3n) is 11.2. The van der Waals surface area contributed by atoms with Gasteiger partial charge in [-0.15, -0.1) is 0 Å². The Labute approximate surface area is 220 Å². The highest BCUT2D eigenvalue weighted by Gasteiger charge is 2.51. The van der Waals surface area contributed by atoms with Crippen molar-refractivity contribution in [2.24, 2.45) is 53.3 Å². The maximum atomic E-state index is 12.5. The molecular weight excluding hydrogens is 446 g/mol. The molecule has 0 aromatic carbocycles. The standard InChI is InChI=1S/C32H53NO3/c1-21(2)6-5-7-22(3)26-12-13-31-28(26)14-15-29-27-11-9-25(20-23(27)8-10-30(29)31)36-32(34)35-24-16-18-33(4)19-17-24/h8,10,21-31H,5-7,9,11-20H2,1-4H3/t22?,23?,25?,26-,27?,28?,29-,30?,31-/m0/s1. The number of fused-ring (bicyclic) bond motifs is 5. The van der Waals surface area contributed by atoms with E-state index in [0.29, 0.717) is 5.92 Å². The van der Waals surface area contributed by atoms with Crippen molar-refractivity contribution in [1.29, 1.82) is 0 Å². The number of hydrogen-bond acceptors (Lipinski definition) is 4. The molecule has 1 aliphatic heterocycles. The zero-order valence-corrected chi connectivity index (χ0v) is 23.6. The number of likely N-dealkylation sites (tertiary alicyclic amines) is 1. The van der Waals surface area contributed by atoms with E-state index in [-0.39, 0.29) is 12.2 Å². The van der Waals surface area contributed by atoms with Crippen LogP contribution in [0.1, 0.15) is 97.8 Å². The van der Waals surface area contributed by atoms with Crippen LogP contribution in [0.5, 0.6) is 0 Å². The highest BCUT2D eigenvalue weighted by molar-refractivity contribution is 5.60. The lowest BCUT2D eigenvalue weighted by Crippen LogP contribution is -2.44. The van der Waals surface area contributed by atoms with E-state index in [9.17, 15) is 4.79 Å². The quantitative estimate of drug-likeness (QED) is 0.265. The Morgan fingerprint density at radius 2 is 1.47 bits per heavy atom. The van der Waals surface area contributed by atoms with Crippen molar-refractivity contribution in [3.05, 3.63) is 12.2 Å². The molecule has 6 unspecified atom stereocenters. The molecule has 0 spiro atoms. The average Bonchev–Trinajstić information content (AvgIpc) is 3.29. The van der Waals surface area contributed by atoms with Crippen LogP contribution in [0.15, 0.2) is 12.2 Å². The Hall–Kier alpha value is -1.03. The van der Waals surface area contributed by atoms with Crippen molar-refractivity contribution < 1.29 is 14.3 Å². The fraction of sp³-hybridized carbons (Fsp3) is 0.906. The second-order valence-electron chi connectivity index (χ2n) is 13.8. The Morgan fingerprint density at radius 1 is 0.806 bits per heavy atom. The Balaban J connectivity index is 1.12. The molecule has 0 amide bonds. The minimum Gasteiger partial charge on any atom is -0.431 e. The first-order valence-electron chi connectivity index (χ1n) is 15.6. The molecule has 0 radical (unpaired) electrons. The average molecular weight is 500 g/mol. The Kier molecular flexibility index (Phi) is 8.70. The molecule has 204 valence electrons. The largest absolute Gasteiger partial charge is 0.508 e. The van der Waals surface area contributed by atoms with Crippen LogP contribution in [0.4, 0.5) is 4.79 Å². The predicted octanol–water partition coefficient (Wildman–Crippen LogP) is 7.72. The summed E-state index contributed by atoms with van der Waals surface area (Å²) in [7, 11) is 2.13. The topological polar surface area (TPSA) is 38.8 Å². The van der Waals surface area contributed by atoms with Crippen LogP contribution < -0.4 is 0 Å². The van der Waals surface area contributed by atoms with Gasteiger partial charge in [0.2, 0.25) is 0 Å². The van der Waals surface area contributed by atoms with Crippen LogP contribution in [-0.2, 0) is 9.47 Å². The summed E-state index contributed by atoms with van der Waals surface area (Å²) in [5, 5.41) is 0. The molecule has 0 aromatic rings. The SMILES string of the molecule is CC(C)CCCC(C)[C@@H]1CC[C@@H]2C3C=CC4CC(OC(=O)OC5CCN(C)CC5)CCC4[C@@H]3CCC21. The third kappa shape index (κ3) is 6.00. The van der Waals surface area contributed by atoms with Gasteiger partial charge in [-0.2, -0.15) is 0 Å². The molecule has 9 atom stereocenters. The normalized spacial score (nSPS) is 39.8. The molecule has 1 saturated heterocycles. The summed E-state index contributed by atoms with van der Waals surface area (Å²) in [6.07, 6.45) is 20.0. The van der Waals surface area contributed by atoms with E-state index in [2.05, 4.69) is 44.9 Å². The van der Waals surface area contributed by atoms with E-state index in [1.165, 1.54) is 51.4 Å². The van der Waals surface area contributed by atoms with Gasteiger partial charge in [-0.05, 0) is 118 Å². The van der Waals surface area contributed by atoms with Crippen molar-refractivity contribution in [1.82, 2.24) is 4.90 Å². The molecule has 4 fully saturated rings. The first kappa shape index (κ1) is 26.6. The summed E-state index contributed by atoms with van der Waals surface area (Å²) in [5.41, 5.74) is 0. The van der Waals surface area contributed by atoms with E-state index in [1.54, 1.807) is 0 Å². The number of piperidine rings is 1. The van der Waals surface area contributed by atoms with Crippen LogP contribution in [0.3, 0.4) is 0 Å². The maximum absolute atomic E-state index is 12.5. The summed E-state index contributed by atoms with van der Waals surface area (Å²) in [5.74, 6) is 7.67. The molecule has 4 nitrogen and oxygen atoms in total.